The third kappa shape index (κ3) is 3.73. The van der Waals surface area contributed by atoms with Crippen molar-refractivity contribution in [3.8, 4) is 5.75 Å². The molecule has 1 aliphatic heterocycles. The van der Waals surface area contributed by atoms with Gasteiger partial charge in [0.05, 0.1) is 12.2 Å². The fourth-order valence-electron chi connectivity index (χ4n) is 4.20. The van der Waals surface area contributed by atoms with E-state index in [1.54, 1.807) is 23.1 Å². The molecule has 6 nitrogen and oxygen atoms in total. The predicted octanol–water partition coefficient (Wildman–Crippen LogP) is 5.37. The van der Waals surface area contributed by atoms with Crippen LogP contribution in [-0.2, 0) is 0 Å². The number of hydrogen-bond donors (Lipinski definition) is 1. The van der Waals surface area contributed by atoms with Crippen LogP contribution < -0.4 is 10.4 Å². The van der Waals surface area contributed by atoms with Gasteiger partial charge in [0, 0.05) is 57.7 Å². The molecule has 0 fully saturated rings. The quantitative estimate of drug-likeness (QED) is 0.388. The second-order valence-corrected chi connectivity index (χ2v) is 8.61. The Labute approximate surface area is 192 Å². The first-order chi connectivity index (χ1) is 15.5. The Hall–Kier alpha value is -3.32. The highest BCUT2D eigenvalue weighted by Gasteiger charge is 2.23. The number of benzene rings is 2. The number of fused-ring (bicyclic) bond motifs is 2. The van der Waals surface area contributed by atoms with Crippen molar-refractivity contribution in [1.82, 2.24) is 9.88 Å². The van der Waals surface area contributed by atoms with Gasteiger partial charge in [-0.05, 0) is 49.2 Å². The number of carbonyl (C=O) groups is 1. The molecule has 2 aromatic carbocycles. The molecule has 162 valence electrons. The van der Waals surface area contributed by atoms with Crippen molar-refractivity contribution >= 4 is 49.3 Å². The minimum Gasteiger partial charge on any atom is -0.494 e. The van der Waals surface area contributed by atoms with Gasteiger partial charge in [0.2, 0.25) is 0 Å². The Morgan fingerprint density at radius 1 is 1.19 bits per heavy atom. The van der Waals surface area contributed by atoms with Gasteiger partial charge in [0.15, 0.2) is 0 Å². The van der Waals surface area contributed by atoms with Crippen LogP contribution in [0.15, 0.2) is 68.4 Å². The maximum Gasteiger partial charge on any atom is 0.337 e. The van der Waals surface area contributed by atoms with Crippen LogP contribution in [0.1, 0.15) is 29.3 Å². The Kier molecular flexibility index (Phi) is 5.35. The maximum absolute atomic E-state index is 13.3. The number of nitrogens with one attached hydrogen (secondary N) is 1. The van der Waals surface area contributed by atoms with Crippen LogP contribution in [0.4, 0.5) is 0 Å². The van der Waals surface area contributed by atoms with Crippen LogP contribution in [-0.4, -0.2) is 35.5 Å². The van der Waals surface area contributed by atoms with E-state index in [-0.39, 0.29) is 5.91 Å². The molecule has 2 aromatic heterocycles. The summed E-state index contributed by atoms with van der Waals surface area (Å²) in [6.45, 7) is 3.44. The van der Waals surface area contributed by atoms with E-state index in [0.29, 0.717) is 42.0 Å². The molecule has 3 heterocycles. The molecule has 7 heteroatoms. The van der Waals surface area contributed by atoms with Crippen LogP contribution >= 0.6 is 15.9 Å². The lowest BCUT2D eigenvalue weighted by molar-refractivity contribution is 0.0774. The highest BCUT2D eigenvalue weighted by Crippen LogP contribution is 2.32. The van der Waals surface area contributed by atoms with Gasteiger partial charge in [-0.2, -0.15) is 0 Å². The summed E-state index contributed by atoms with van der Waals surface area (Å²) in [6.07, 6.45) is 4.84. The summed E-state index contributed by atoms with van der Waals surface area (Å²) in [5.41, 5.74) is 3.60. The minimum atomic E-state index is -0.549. The van der Waals surface area contributed by atoms with Crippen molar-refractivity contribution < 1.29 is 13.9 Å². The molecule has 1 amide bonds. The van der Waals surface area contributed by atoms with Crippen LogP contribution in [0.25, 0.3) is 27.4 Å². The van der Waals surface area contributed by atoms with Crippen molar-refractivity contribution in [2.45, 2.75) is 13.3 Å². The molecule has 1 aliphatic rings. The van der Waals surface area contributed by atoms with E-state index in [2.05, 4.69) is 33.1 Å². The molecule has 0 unspecified atom stereocenters. The summed E-state index contributed by atoms with van der Waals surface area (Å²) in [7, 11) is 0. The highest BCUT2D eigenvalue weighted by molar-refractivity contribution is 9.10. The third-order valence-electron chi connectivity index (χ3n) is 5.74. The monoisotopic (exact) mass is 492 g/mol. The Morgan fingerprint density at radius 2 is 2.06 bits per heavy atom. The smallest absolute Gasteiger partial charge is 0.337 e. The average Bonchev–Trinajstić information content (AvgIpc) is 3.21. The van der Waals surface area contributed by atoms with Crippen LogP contribution in [0.3, 0.4) is 0 Å². The Bertz CT molecular complexity index is 1430. The van der Waals surface area contributed by atoms with Crippen LogP contribution in [0.5, 0.6) is 5.75 Å². The van der Waals surface area contributed by atoms with Crippen molar-refractivity contribution in [2.75, 3.05) is 19.7 Å². The van der Waals surface area contributed by atoms with Gasteiger partial charge >= 0.3 is 5.63 Å². The average molecular weight is 493 g/mol. The number of H-pyrrole nitrogens is 1. The van der Waals surface area contributed by atoms with E-state index in [1.807, 2.05) is 25.3 Å². The molecule has 0 aliphatic carbocycles. The first kappa shape index (κ1) is 20.6. The fourth-order valence-corrected chi connectivity index (χ4v) is 4.56. The lowest BCUT2D eigenvalue weighted by atomic mass is 9.98. The van der Waals surface area contributed by atoms with E-state index >= 15 is 0 Å². The first-order valence-electron chi connectivity index (χ1n) is 10.5. The molecule has 5 rings (SSSR count). The maximum atomic E-state index is 13.3. The van der Waals surface area contributed by atoms with Gasteiger partial charge in [-0.15, -0.1) is 0 Å². The lowest BCUT2D eigenvalue weighted by Crippen LogP contribution is -2.35. The van der Waals surface area contributed by atoms with E-state index in [0.717, 1.165) is 27.4 Å². The number of halogens is 1. The van der Waals surface area contributed by atoms with Gasteiger partial charge in [-0.25, -0.2) is 4.79 Å². The summed E-state index contributed by atoms with van der Waals surface area (Å²) < 4.78 is 11.8. The number of amides is 1. The summed E-state index contributed by atoms with van der Waals surface area (Å²) in [5.74, 6) is 0.424. The predicted molar refractivity (Wildman–Crippen MR) is 128 cm³/mol. The molecule has 1 N–H and O–H groups in total. The number of carbonyl (C=O) groups excluding carboxylic acids is 1. The van der Waals surface area contributed by atoms with Gasteiger partial charge < -0.3 is 19.0 Å². The first-order valence-corrected chi connectivity index (χ1v) is 11.3. The third-order valence-corrected chi connectivity index (χ3v) is 6.24. The largest absolute Gasteiger partial charge is 0.494 e. The van der Waals surface area contributed by atoms with Crippen LogP contribution in [0.2, 0.25) is 0 Å². The summed E-state index contributed by atoms with van der Waals surface area (Å²) in [6, 6.07) is 12.6. The molecule has 0 saturated carbocycles. The zero-order valence-corrected chi connectivity index (χ0v) is 19.1. The number of aromatic nitrogens is 1. The number of nitrogens with zero attached hydrogens (tertiary/aromatic N) is 1. The molecule has 0 radical (unpaired) electrons. The van der Waals surface area contributed by atoms with E-state index < -0.39 is 5.63 Å². The normalized spacial score (nSPS) is 14.1. The molecule has 4 aromatic rings. The van der Waals surface area contributed by atoms with Crippen molar-refractivity contribution in [3.63, 3.8) is 0 Å². The molecule has 0 saturated heterocycles. The van der Waals surface area contributed by atoms with E-state index in [1.165, 1.54) is 11.6 Å². The molecule has 32 heavy (non-hydrogen) atoms. The number of rotatable bonds is 4. The topological polar surface area (TPSA) is 75.5 Å². The van der Waals surface area contributed by atoms with Crippen molar-refractivity contribution in [2.24, 2.45) is 0 Å². The summed E-state index contributed by atoms with van der Waals surface area (Å²) in [5, 5.41) is 1.76. The van der Waals surface area contributed by atoms with Gasteiger partial charge in [-0.3, -0.25) is 4.79 Å². The Balaban J connectivity index is 1.44. The van der Waals surface area contributed by atoms with Crippen LogP contribution in [0, 0.1) is 0 Å². The SMILES string of the molecule is CCOc1ccc2c(C(=O)N3CC=C(c4c[nH]c5ccc(Br)cc45)CC3)cc(=O)oc2c1. The van der Waals surface area contributed by atoms with Crippen molar-refractivity contribution in [1.29, 1.82) is 0 Å². The van der Waals surface area contributed by atoms with Gasteiger partial charge in [0.1, 0.15) is 11.3 Å². The van der Waals surface area contributed by atoms with E-state index in [4.69, 9.17) is 9.15 Å². The zero-order valence-electron chi connectivity index (χ0n) is 17.5. The van der Waals surface area contributed by atoms with Crippen molar-refractivity contribution in [3.05, 3.63) is 80.8 Å². The Morgan fingerprint density at radius 3 is 2.84 bits per heavy atom. The second-order valence-electron chi connectivity index (χ2n) is 7.69. The molecule has 0 bridgehead atoms. The standard InChI is InChI=1S/C25H21BrN2O4/c1-2-31-17-4-5-18-20(13-24(29)32-23(18)12-17)25(30)28-9-7-15(8-10-28)21-14-27-22-6-3-16(26)11-19(21)22/h3-7,11-14,27H,2,8-10H2,1H3. The number of hydrogen-bond acceptors (Lipinski definition) is 4. The van der Waals surface area contributed by atoms with Gasteiger partial charge in [-0.1, -0.05) is 22.0 Å². The second kappa shape index (κ2) is 8.31. The summed E-state index contributed by atoms with van der Waals surface area (Å²) >= 11 is 3.54. The molecule has 0 atom stereocenters. The molecule has 0 spiro atoms. The molecular formula is C25H21BrN2O4. The molecular weight excluding hydrogens is 472 g/mol. The fraction of sp³-hybridized carbons (Fsp3) is 0.200. The lowest BCUT2D eigenvalue weighted by Gasteiger charge is -2.27. The zero-order chi connectivity index (χ0) is 22.2. The highest BCUT2D eigenvalue weighted by atomic mass is 79.9. The van der Waals surface area contributed by atoms with E-state index in [9.17, 15) is 9.59 Å². The summed E-state index contributed by atoms with van der Waals surface area (Å²) in [4.78, 5) is 30.5. The number of aromatic amines is 1. The van der Waals surface area contributed by atoms with Gasteiger partial charge in [0.25, 0.3) is 5.91 Å². The number of ether oxygens (including phenoxy) is 1. The minimum absolute atomic E-state index is 0.177.